The molecule has 1 aromatic rings. The molecule has 0 radical (unpaired) electrons. The van der Waals surface area contributed by atoms with E-state index in [4.69, 9.17) is 4.74 Å². The maximum absolute atomic E-state index is 11.4. The highest BCUT2D eigenvalue weighted by Crippen LogP contribution is 2.21. The first-order valence-corrected chi connectivity index (χ1v) is 7.00. The highest BCUT2D eigenvalue weighted by Gasteiger charge is 2.15. The first-order chi connectivity index (χ1) is 9.29. The number of alkyl carbamates (subject to hydrolysis) is 1. The summed E-state index contributed by atoms with van der Waals surface area (Å²) >= 11 is 0. The number of aliphatic hydroxyl groups excluding tert-OH is 1. The van der Waals surface area contributed by atoms with E-state index in [-0.39, 0.29) is 0 Å². The summed E-state index contributed by atoms with van der Waals surface area (Å²) < 4.78 is 5.14. The van der Waals surface area contributed by atoms with Crippen molar-refractivity contribution in [1.82, 2.24) is 5.32 Å². The normalized spacial score (nSPS) is 12.8. The van der Waals surface area contributed by atoms with Gasteiger partial charge in [0.05, 0.1) is 6.10 Å². The molecule has 0 unspecified atom stereocenters. The summed E-state index contributed by atoms with van der Waals surface area (Å²) in [5.74, 6) is 0. The molecule has 0 saturated carbocycles. The van der Waals surface area contributed by atoms with E-state index >= 15 is 0 Å². The van der Waals surface area contributed by atoms with Crippen LogP contribution in [0.1, 0.15) is 50.8 Å². The molecule has 0 aliphatic rings. The molecule has 2 N–H and O–H groups in total. The molecule has 1 aromatic carbocycles. The molecule has 0 aromatic heterocycles. The Hall–Kier alpha value is -1.55. The van der Waals surface area contributed by atoms with E-state index in [1.165, 1.54) is 0 Å². The highest BCUT2D eigenvalue weighted by molar-refractivity contribution is 5.67. The maximum Gasteiger partial charge on any atom is 0.407 e. The van der Waals surface area contributed by atoms with Crippen molar-refractivity contribution >= 4 is 6.09 Å². The van der Waals surface area contributed by atoms with E-state index in [2.05, 4.69) is 5.32 Å². The van der Waals surface area contributed by atoms with Crippen molar-refractivity contribution in [1.29, 1.82) is 0 Å². The molecule has 0 aliphatic carbocycles. The van der Waals surface area contributed by atoms with E-state index in [1.54, 1.807) is 0 Å². The fourth-order valence-electron chi connectivity index (χ4n) is 1.92. The van der Waals surface area contributed by atoms with Crippen molar-refractivity contribution in [3.05, 3.63) is 35.4 Å². The van der Waals surface area contributed by atoms with Crippen molar-refractivity contribution in [2.75, 3.05) is 6.54 Å². The maximum atomic E-state index is 11.4. The Morgan fingerprint density at radius 1 is 1.35 bits per heavy atom. The van der Waals surface area contributed by atoms with Gasteiger partial charge in [-0.2, -0.15) is 0 Å². The minimum Gasteiger partial charge on any atom is -0.444 e. The molecule has 0 spiro atoms. The van der Waals surface area contributed by atoms with Crippen LogP contribution >= 0.6 is 0 Å². The van der Waals surface area contributed by atoms with Gasteiger partial charge in [-0.3, -0.25) is 0 Å². The number of rotatable bonds is 5. The molecule has 4 nitrogen and oxygen atoms in total. The first kappa shape index (κ1) is 16.5. The SMILES string of the molecule is Cc1ccccc1[C@H](O)CCCNC(=O)OC(C)(C)C. The zero-order valence-electron chi connectivity index (χ0n) is 12.8. The molecule has 0 bridgehead atoms. The van der Waals surface area contributed by atoms with Gasteiger partial charge in [0.25, 0.3) is 0 Å². The Balaban J connectivity index is 2.28. The fourth-order valence-corrected chi connectivity index (χ4v) is 1.92. The van der Waals surface area contributed by atoms with Crippen LogP contribution in [0, 0.1) is 6.92 Å². The van der Waals surface area contributed by atoms with Gasteiger partial charge in [-0.15, -0.1) is 0 Å². The minimum absolute atomic E-state index is 0.414. The van der Waals surface area contributed by atoms with Gasteiger partial charge in [-0.25, -0.2) is 4.79 Å². The molecule has 20 heavy (non-hydrogen) atoms. The summed E-state index contributed by atoms with van der Waals surface area (Å²) in [7, 11) is 0. The summed E-state index contributed by atoms with van der Waals surface area (Å²) in [5, 5.41) is 12.8. The van der Waals surface area contributed by atoms with E-state index in [9.17, 15) is 9.90 Å². The average Bonchev–Trinajstić information content (AvgIpc) is 2.33. The Bertz CT molecular complexity index is 438. The summed E-state index contributed by atoms with van der Waals surface area (Å²) in [4.78, 5) is 11.4. The zero-order chi connectivity index (χ0) is 15.2. The van der Waals surface area contributed by atoms with Gasteiger partial charge >= 0.3 is 6.09 Å². The Morgan fingerprint density at radius 3 is 2.60 bits per heavy atom. The molecule has 4 heteroatoms. The number of aliphatic hydroxyl groups is 1. The molecule has 1 amide bonds. The van der Waals surface area contributed by atoms with Crippen molar-refractivity contribution < 1.29 is 14.6 Å². The lowest BCUT2D eigenvalue weighted by molar-refractivity contribution is 0.0523. The number of hydrogen-bond donors (Lipinski definition) is 2. The number of carbonyl (C=O) groups is 1. The number of carbonyl (C=O) groups excluding carboxylic acids is 1. The smallest absolute Gasteiger partial charge is 0.407 e. The molecule has 0 aliphatic heterocycles. The second-order valence-corrected chi connectivity index (χ2v) is 5.94. The Kier molecular flexibility index (Phi) is 6.02. The lowest BCUT2D eigenvalue weighted by Crippen LogP contribution is -2.33. The monoisotopic (exact) mass is 279 g/mol. The number of aryl methyl sites for hydroxylation is 1. The Morgan fingerprint density at radius 2 is 2.00 bits per heavy atom. The number of ether oxygens (including phenoxy) is 1. The zero-order valence-corrected chi connectivity index (χ0v) is 12.8. The Labute approximate surface area is 121 Å². The van der Waals surface area contributed by atoms with Crippen molar-refractivity contribution in [2.24, 2.45) is 0 Å². The largest absolute Gasteiger partial charge is 0.444 e. The minimum atomic E-state index is -0.489. The van der Waals surface area contributed by atoms with Crippen LogP contribution in [0.15, 0.2) is 24.3 Å². The number of benzene rings is 1. The van der Waals surface area contributed by atoms with Crippen LogP contribution in [0.25, 0.3) is 0 Å². The summed E-state index contributed by atoms with van der Waals surface area (Å²) in [6.07, 6.45) is 0.412. The third kappa shape index (κ3) is 6.06. The highest BCUT2D eigenvalue weighted by atomic mass is 16.6. The van der Waals surface area contributed by atoms with Crippen molar-refractivity contribution in [2.45, 2.75) is 52.2 Å². The second-order valence-electron chi connectivity index (χ2n) is 5.94. The van der Waals surface area contributed by atoms with Gasteiger partial charge in [0, 0.05) is 6.54 Å². The van der Waals surface area contributed by atoms with Crippen molar-refractivity contribution in [3.63, 3.8) is 0 Å². The molecule has 112 valence electrons. The van der Waals surface area contributed by atoms with E-state index < -0.39 is 17.8 Å². The number of amides is 1. The fraction of sp³-hybridized carbons (Fsp3) is 0.562. The van der Waals surface area contributed by atoms with Gasteiger partial charge < -0.3 is 15.2 Å². The predicted molar refractivity (Wildman–Crippen MR) is 79.6 cm³/mol. The third-order valence-corrected chi connectivity index (χ3v) is 2.87. The first-order valence-electron chi connectivity index (χ1n) is 7.00. The molecule has 0 heterocycles. The van der Waals surface area contributed by atoms with E-state index in [0.29, 0.717) is 19.4 Å². The van der Waals surface area contributed by atoms with E-state index in [1.807, 2.05) is 52.0 Å². The number of nitrogens with one attached hydrogen (secondary N) is 1. The van der Waals surface area contributed by atoms with Gasteiger partial charge in [-0.1, -0.05) is 24.3 Å². The standard InChI is InChI=1S/C16H25NO3/c1-12-8-5-6-9-13(12)14(18)10-7-11-17-15(19)20-16(2,3)4/h5-6,8-9,14,18H,7,10-11H2,1-4H3,(H,17,19)/t14-/m1/s1. The quantitative estimate of drug-likeness (QED) is 0.813. The van der Waals surface area contributed by atoms with Crippen LogP contribution in [0.2, 0.25) is 0 Å². The van der Waals surface area contributed by atoms with Gasteiger partial charge in [-0.05, 0) is 51.7 Å². The summed E-state index contributed by atoms with van der Waals surface area (Å²) in [6.45, 7) is 7.97. The van der Waals surface area contributed by atoms with Crippen LogP contribution < -0.4 is 5.32 Å². The molecule has 1 atom stereocenters. The van der Waals surface area contributed by atoms with Gasteiger partial charge in [0.15, 0.2) is 0 Å². The van der Waals surface area contributed by atoms with Crippen LogP contribution in [0.5, 0.6) is 0 Å². The van der Waals surface area contributed by atoms with Gasteiger partial charge in [0.2, 0.25) is 0 Å². The summed E-state index contributed by atoms with van der Waals surface area (Å²) in [5.41, 5.74) is 1.55. The molecule has 0 fully saturated rings. The third-order valence-electron chi connectivity index (χ3n) is 2.87. The van der Waals surface area contributed by atoms with E-state index in [0.717, 1.165) is 11.1 Å². The second kappa shape index (κ2) is 7.29. The van der Waals surface area contributed by atoms with Crippen LogP contribution in [0.3, 0.4) is 0 Å². The lowest BCUT2D eigenvalue weighted by atomic mass is 10.0. The molecular formula is C16H25NO3. The predicted octanol–water partition coefficient (Wildman–Crippen LogP) is 3.33. The van der Waals surface area contributed by atoms with Gasteiger partial charge in [0.1, 0.15) is 5.60 Å². The van der Waals surface area contributed by atoms with Crippen LogP contribution in [-0.4, -0.2) is 23.3 Å². The topological polar surface area (TPSA) is 58.6 Å². The number of hydrogen-bond acceptors (Lipinski definition) is 3. The van der Waals surface area contributed by atoms with Crippen LogP contribution in [0.4, 0.5) is 4.79 Å². The average molecular weight is 279 g/mol. The van der Waals surface area contributed by atoms with Crippen molar-refractivity contribution in [3.8, 4) is 0 Å². The lowest BCUT2D eigenvalue weighted by Gasteiger charge is -2.20. The molecule has 0 saturated heterocycles. The van der Waals surface area contributed by atoms with Crippen LogP contribution in [-0.2, 0) is 4.74 Å². The molecular weight excluding hydrogens is 254 g/mol. The molecule has 1 rings (SSSR count). The summed E-state index contributed by atoms with van der Waals surface area (Å²) in [6, 6.07) is 7.79.